The Morgan fingerprint density at radius 3 is 1.24 bits per heavy atom. The molecule has 59 heavy (non-hydrogen) atoms. The number of carbonyl (C=O) groups excluding carboxylic acids is 2. The molecule has 9 heteroatoms. The van der Waals surface area contributed by atoms with Crippen molar-refractivity contribution in [1.82, 2.24) is 0 Å². The molecule has 3 atom stereocenters. The molecule has 0 fully saturated rings. The number of hydrogen-bond donors (Lipinski definition) is 0. The molecule has 2 unspecified atom stereocenters. The van der Waals surface area contributed by atoms with Gasteiger partial charge in [0.05, 0.1) is 27.7 Å². The Bertz CT molecular complexity index is 1070. The summed E-state index contributed by atoms with van der Waals surface area (Å²) in [6, 6.07) is 0. The first-order valence-corrected chi connectivity index (χ1v) is 26.5. The molecule has 0 aliphatic heterocycles. The van der Waals surface area contributed by atoms with Gasteiger partial charge in [0.1, 0.15) is 6.61 Å². The van der Waals surface area contributed by atoms with Crippen LogP contribution in [-0.4, -0.2) is 62.7 Å². The van der Waals surface area contributed by atoms with Gasteiger partial charge < -0.3 is 27.9 Å². The van der Waals surface area contributed by atoms with Crippen molar-refractivity contribution in [1.29, 1.82) is 0 Å². The smallest absolute Gasteiger partial charge is 0.306 e. The molecule has 0 aliphatic rings. The first kappa shape index (κ1) is 57.5. The summed E-state index contributed by atoms with van der Waals surface area (Å²) in [7, 11) is 1.19. The molecular formula is C50H96NO7P. The molecule has 0 saturated heterocycles. The van der Waals surface area contributed by atoms with Crippen molar-refractivity contribution < 1.29 is 37.5 Å². The number of allylic oxidation sites excluding steroid dienone is 4. The predicted octanol–water partition coefficient (Wildman–Crippen LogP) is 14.5. The fraction of sp³-hybridized carbons (Fsp3) is 0.880. The van der Waals surface area contributed by atoms with Crippen LogP contribution in [0.1, 0.15) is 239 Å². The second-order valence-electron chi connectivity index (χ2n) is 18.1. The van der Waals surface area contributed by atoms with Crippen LogP contribution in [0.4, 0.5) is 0 Å². The van der Waals surface area contributed by atoms with E-state index in [0.717, 1.165) is 51.4 Å². The SMILES string of the molecule is CCCCCCCC/C=C\CCCCCCCCCCCC(=O)OC[C@H](COP(=O)([O-])C(CCC)[N+](C)(C)C)OC(=O)CCCCCCC/C=C\CCCCCCCC. The lowest BCUT2D eigenvalue weighted by molar-refractivity contribution is -0.884. The molecular weight excluding hydrogens is 758 g/mol. The zero-order chi connectivity index (χ0) is 43.7. The second-order valence-corrected chi connectivity index (χ2v) is 20.0. The van der Waals surface area contributed by atoms with Crippen molar-refractivity contribution in [2.75, 3.05) is 34.4 Å². The lowest BCUT2D eigenvalue weighted by Gasteiger charge is -2.41. The van der Waals surface area contributed by atoms with Crippen molar-refractivity contribution in [3.8, 4) is 0 Å². The van der Waals surface area contributed by atoms with E-state index in [0.29, 0.717) is 25.7 Å². The lowest BCUT2D eigenvalue weighted by atomic mass is 10.1. The Morgan fingerprint density at radius 1 is 0.508 bits per heavy atom. The average molecular weight is 854 g/mol. The number of nitrogens with zero attached hydrogens (tertiary/aromatic N) is 1. The van der Waals surface area contributed by atoms with Crippen LogP contribution in [0.5, 0.6) is 0 Å². The van der Waals surface area contributed by atoms with E-state index in [1.54, 1.807) is 0 Å². The molecule has 0 rings (SSSR count). The summed E-state index contributed by atoms with van der Waals surface area (Å²) in [5, 5.41) is 0. The molecule has 0 heterocycles. The minimum absolute atomic E-state index is 0.209. The van der Waals surface area contributed by atoms with E-state index >= 15 is 0 Å². The maximum absolute atomic E-state index is 13.3. The normalized spacial score (nSPS) is 14.2. The summed E-state index contributed by atoms with van der Waals surface area (Å²) in [4.78, 5) is 38.7. The number of rotatable bonds is 44. The molecule has 348 valence electrons. The highest BCUT2D eigenvalue weighted by Gasteiger charge is 2.35. The van der Waals surface area contributed by atoms with E-state index in [1.165, 1.54) is 135 Å². The highest BCUT2D eigenvalue weighted by atomic mass is 31.2. The van der Waals surface area contributed by atoms with Crippen LogP contribution in [0.2, 0.25) is 0 Å². The minimum Gasteiger partial charge on any atom is -0.774 e. The maximum Gasteiger partial charge on any atom is 0.306 e. The Labute approximate surface area is 365 Å². The van der Waals surface area contributed by atoms with Crippen LogP contribution in [0.25, 0.3) is 0 Å². The van der Waals surface area contributed by atoms with Gasteiger partial charge in [-0.05, 0) is 70.6 Å². The third kappa shape index (κ3) is 38.0. The molecule has 8 nitrogen and oxygen atoms in total. The van der Waals surface area contributed by atoms with Gasteiger partial charge in [-0.1, -0.05) is 173 Å². The zero-order valence-corrected chi connectivity index (χ0v) is 40.6. The molecule has 0 aromatic heterocycles. The van der Waals surface area contributed by atoms with Gasteiger partial charge in [0.15, 0.2) is 19.5 Å². The number of unbranched alkanes of at least 4 members (excludes halogenated alkanes) is 26. The van der Waals surface area contributed by atoms with E-state index in [2.05, 4.69) is 38.2 Å². The van der Waals surface area contributed by atoms with Crippen molar-refractivity contribution >= 4 is 19.5 Å². The van der Waals surface area contributed by atoms with E-state index < -0.39 is 25.5 Å². The Balaban J connectivity index is 4.44. The van der Waals surface area contributed by atoms with E-state index in [1.807, 2.05) is 28.1 Å². The molecule has 0 saturated carbocycles. The average Bonchev–Trinajstić information content (AvgIpc) is 3.19. The quantitative estimate of drug-likeness (QED) is 0.0198. The van der Waals surface area contributed by atoms with Crippen LogP contribution in [-0.2, 0) is 28.2 Å². The third-order valence-electron chi connectivity index (χ3n) is 11.3. The topological polar surface area (TPSA) is 102 Å². The first-order chi connectivity index (χ1) is 28.5. The summed E-state index contributed by atoms with van der Waals surface area (Å²) in [5.41, 5.74) is 0. The van der Waals surface area contributed by atoms with E-state index in [9.17, 15) is 19.0 Å². The van der Waals surface area contributed by atoms with Gasteiger partial charge in [0.25, 0.3) is 0 Å². The van der Waals surface area contributed by atoms with Gasteiger partial charge in [-0.2, -0.15) is 0 Å². The fourth-order valence-corrected chi connectivity index (χ4v) is 9.48. The van der Waals surface area contributed by atoms with Crippen LogP contribution >= 0.6 is 7.60 Å². The highest BCUT2D eigenvalue weighted by Crippen LogP contribution is 2.48. The molecule has 0 bridgehead atoms. The van der Waals surface area contributed by atoms with Crippen LogP contribution < -0.4 is 4.89 Å². The van der Waals surface area contributed by atoms with Crippen LogP contribution in [0, 0.1) is 0 Å². The molecule has 0 radical (unpaired) electrons. The van der Waals surface area contributed by atoms with E-state index in [4.69, 9.17) is 14.0 Å². The molecule has 0 aliphatic carbocycles. The second kappa shape index (κ2) is 40.6. The Hall–Kier alpha value is -1.47. The van der Waals surface area contributed by atoms with E-state index in [-0.39, 0.29) is 30.1 Å². The van der Waals surface area contributed by atoms with Crippen LogP contribution in [0.3, 0.4) is 0 Å². The first-order valence-electron chi connectivity index (χ1n) is 24.9. The Kier molecular flexibility index (Phi) is 39.6. The van der Waals surface area contributed by atoms with Gasteiger partial charge in [-0.15, -0.1) is 0 Å². The maximum atomic E-state index is 13.3. The molecule has 0 aromatic carbocycles. The van der Waals surface area contributed by atoms with Gasteiger partial charge >= 0.3 is 11.9 Å². The number of quaternary nitrogens is 1. The number of esters is 2. The molecule has 0 amide bonds. The van der Waals surface area contributed by atoms with Crippen molar-refractivity contribution in [2.24, 2.45) is 0 Å². The summed E-state index contributed by atoms with van der Waals surface area (Å²) in [5.74, 6) is -1.50. The number of hydrogen-bond acceptors (Lipinski definition) is 7. The largest absolute Gasteiger partial charge is 0.774 e. The summed E-state index contributed by atoms with van der Waals surface area (Å²) >= 11 is 0. The minimum atomic E-state index is -4.31. The van der Waals surface area contributed by atoms with Crippen molar-refractivity contribution in [2.45, 2.75) is 251 Å². The van der Waals surface area contributed by atoms with Crippen molar-refractivity contribution in [3.63, 3.8) is 0 Å². The summed E-state index contributed by atoms with van der Waals surface area (Å²) in [6.45, 7) is 5.89. The van der Waals surface area contributed by atoms with Gasteiger partial charge in [0.2, 0.25) is 0 Å². The summed E-state index contributed by atoms with van der Waals surface area (Å²) in [6.07, 6.45) is 46.3. The molecule has 0 aromatic rings. The van der Waals surface area contributed by atoms with Gasteiger partial charge in [-0.3, -0.25) is 9.59 Å². The predicted molar refractivity (Wildman–Crippen MR) is 248 cm³/mol. The molecule has 0 spiro atoms. The Morgan fingerprint density at radius 2 is 0.864 bits per heavy atom. The lowest BCUT2D eigenvalue weighted by Crippen LogP contribution is -2.47. The monoisotopic (exact) mass is 854 g/mol. The molecule has 0 N–H and O–H groups in total. The summed E-state index contributed by atoms with van der Waals surface area (Å²) < 4.78 is 30.2. The number of carbonyl (C=O) groups is 2. The van der Waals surface area contributed by atoms with Gasteiger partial charge in [0, 0.05) is 19.3 Å². The van der Waals surface area contributed by atoms with Crippen molar-refractivity contribution in [3.05, 3.63) is 24.3 Å². The third-order valence-corrected chi connectivity index (χ3v) is 13.5. The van der Waals surface area contributed by atoms with Crippen LogP contribution in [0.15, 0.2) is 24.3 Å². The highest BCUT2D eigenvalue weighted by molar-refractivity contribution is 7.51. The number of ether oxygens (including phenoxy) is 2. The van der Waals surface area contributed by atoms with Gasteiger partial charge in [-0.25, -0.2) is 0 Å². The standard InChI is InChI=1S/C50H96NO7P/c1-7-10-12-14-16-18-20-22-24-25-26-27-29-30-32-34-36-38-40-43-49(52)56-45-47(46-57-59(54,55)48(42-9-3)51(4,5)6)58-50(53)44-41-39-37-35-33-31-28-23-21-19-17-15-13-11-8-2/h22-24,28,47-48H,7-21,25-27,29-46H2,1-6H3/b24-22-,28-23-/t47-,48?/m1/s1. The zero-order valence-electron chi connectivity index (χ0n) is 39.7. The fourth-order valence-electron chi connectivity index (χ4n) is 7.51.